The van der Waals surface area contributed by atoms with Crippen molar-refractivity contribution in [2.24, 2.45) is 0 Å². The Bertz CT molecular complexity index is 512. The highest BCUT2D eigenvalue weighted by atomic mass is 35.5. The SMILES string of the molecule is Clc1csc(-c2ccc3c(c2)OCO3)n1. The Morgan fingerprint density at radius 3 is 2.93 bits per heavy atom. The lowest BCUT2D eigenvalue weighted by Crippen LogP contribution is -1.92. The van der Waals surface area contributed by atoms with E-state index in [9.17, 15) is 0 Å². The van der Waals surface area contributed by atoms with E-state index in [4.69, 9.17) is 21.1 Å². The molecule has 0 fully saturated rings. The second-order valence-electron chi connectivity index (χ2n) is 3.04. The zero-order chi connectivity index (χ0) is 10.3. The number of thiazole rings is 1. The lowest BCUT2D eigenvalue weighted by atomic mass is 10.2. The maximum atomic E-state index is 5.77. The number of hydrogen-bond donors (Lipinski definition) is 0. The molecule has 0 atom stereocenters. The van der Waals surface area contributed by atoms with Gasteiger partial charge in [0.15, 0.2) is 11.5 Å². The van der Waals surface area contributed by atoms with Crippen molar-refractivity contribution in [1.29, 1.82) is 0 Å². The molecule has 1 aromatic carbocycles. The summed E-state index contributed by atoms with van der Waals surface area (Å²) < 4.78 is 10.5. The molecule has 0 bridgehead atoms. The molecule has 0 unspecified atom stereocenters. The number of fused-ring (bicyclic) bond motifs is 1. The predicted octanol–water partition coefficient (Wildman–Crippen LogP) is 3.19. The van der Waals surface area contributed by atoms with Gasteiger partial charge in [-0.05, 0) is 18.2 Å². The Morgan fingerprint density at radius 2 is 2.13 bits per heavy atom. The summed E-state index contributed by atoms with van der Waals surface area (Å²) in [6.07, 6.45) is 0. The minimum absolute atomic E-state index is 0.289. The summed E-state index contributed by atoms with van der Waals surface area (Å²) in [7, 11) is 0. The minimum atomic E-state index is 0.289. The van der Waals surface area contributed by atoms with Crippen molar-refractivity contribution in [3.05, 3.63) is 28.7 Å². The van der Waals surface area contributed by atoms with Gasteiger partial charge in [-0.2, -0.15) is 0 Å². The van der Waals surface area contributed by atoms with Crippen LogP contribution in [0.4, 0.5) is 0 Å². The summed E-state index contributed by atoms with van der Waals surface area (Å²) in [6, 6.07) is 5.74. The summed E-state index contributed by atoms with van der Waals surface area (Å²) in [5.41, 5.74) is 0.996. The molecule has 3 nitrogen and oxygen atoms in total. The average Bonchev–Trinajstić information content (AvgIpc) is 2.84. The maximum absolute atomic E-state index is 5.77. The molecule has 1 aliphatic rings. The summed E-state index contributed by atoms with van der Waals surface area (Å²) in [5, 5.41) is 3.22. The summed E-state index contributed by atoms with van der Waals surface area (Å²) in [4.78, 5) is 4.19. The van der Waals surface area contributed by atoms with Crippen LogP contribution < -0.4 is 9.47 Å². The van der Waals surface area contributed by atoms with Gasteiger partial charge in [-0.15, -0.1) is 11.3 Å². The number of hydrogen-bond acceptors (Lipinski definition) is 4. The van der Waals surface area contributed by atoms with E-state index in [-0.39, 0.29) is 6.79 Å². The van der Waals surface area contributed by atoms with Crippen molar-refractivity contribution >= 4 is 22.9 Å². The first-order chi connectivity index (χ1) is 7.33. The van der Waals surface area contributed by atoms with E-state index in [0.717, 1.165) is 22.1 Å². The molecule has 5 heteroatoms. The Morgan fingerprint density at radius 1 is 1.27 bits per heavy atom. The van der Waals surface area contributed by atoms with Gasteiger partial charge in [-0.25, -0.2) is 4.98 Å². The van der Waals surface area contributed by atoms with Gasteiger partial charge >= 0.3 is 0 Å². The van der Waals surface area contributed by atoms with Crippen LogP contribution in [0.1, 0.15) is 0 Å². The Balaban J connectivity index is 2.06. The van der Waals surface area contributed by atoms with E-state index in [1.807, 2.05) is 23.6 Å². The Kier molecular flexibility index (Phi) is 2.04. The first kappa shape index (κ1) is 9.00. The van der Waals surface area contributed by atoms with Crippen LogP contribution >= 0.6 is 22.9 Å². The molecular weight excluding hydrogens is 234 g/mol. The molecule has 2 heterocycles. The van der Waals surface area contributed by atoms with E-state index in [0.29, 0.717) is 5.15 Å². The van der Waals surface area contributed by atoms with Crippen molar-refractivity contribution < 1.29 is 9.47 Å². The lowest BCUT2D eigenvalue weighted by Gasteiger charge is -1.98. The lowest BCUT2D eigenvalue weighted by molar-refractivity contribution is 0.174. The first-order valence-electron chi connectivity index (χ1n) is 4.34. The monoisotopic (exact) mass is 239 g/mol. The second-order valence-corrected chi connectivity index (χ2v) is 4.29. The largest absolute Gasteiger partial charge is 0.454 e. The average molecular weight is 240 g/mol. The molecule has 0 radical (unpaired) electrons. The van der Waals surface area contributed by atoms with Crippen LogP contribution in [0.2, 0.25) is 5.15 Å². The zero-order valence-electron chi connectivity index (χ0n) is 7.57. The van der Waals surface area contributed by atoms with Gasteiger partial charge in [0.1, 0.15) is 10.2 Å². The maximum Gasteiger partial charge on any atom is 0.231 e. The minimum Gasteiger partial charge on any atom is -0.454 e. The first-order valence-corrected chi connectivity index (χ1v) is 5.60. The Hall–Kier alpha value is -1.26. The number of benzene rings is 1. The molecule has 0 saturated carbocycles. The molecule has 0 spiro atoms. The van der Waals surface area contributed by atoms with Gasteiger partial charge < -0.3 is 9.47 Å². The highest BCUT2D eigenvalue weighted by molar-refractivity contribution is 7.13. The Labute approximate surface area is 95.2 Å². The normalized spacial score (nSPS) is 13.1. The third-order valence-electron chi connectivity index (χ3n) is 2.10. The molecule has 2 aromatic rings. The van der Waals surface area contributed by atoms with E-state index in [2.05, 4.69) is 4.98 Å². The molecule has 0 amide bonds. The van der Waals surface area contributed by atoms with Crippen molar-refractivity contribution in [2.75, 3.05) is 6.79 Å². The van der Waals surface area contributed by atoms with Crippen LogP contribution in [0.3, 0.4) is 0 Å². The second kappa shape index (κ2) is 3.40. The fourth-order valence-electron chi connectivity index (χ4n) is 1.42. The molecule has 1 aliphatic heterocycles. The fraction of sp³-hybridized carbons (Fsp3) is 0.100. The highest BCUT2D eigenvalue weighted by Crippen LogP contribution is 2.36. The van der Waals surface area contributed by atoms with Crippen LogP contribution in [0.5, 0.6) is 11.5 Å². The summed E-state index contributed by atoms with van der Waals surface area (Å²) in [5.74, 6) is 1.54. The molecule has 0 aliphatic carbocycles. The number of rotatable bonds is 1. The van der Waals surface area contributed by atoms with E-state index in [1.165, 1.54) is 11.3 Å². The molecule has 0 saturated heterocycles. The molecule has 76 valence electrons. The van der Waals surface area contributed by atoms with Crippen LogP contribution in [0.25, 0.3) is 10.6 Å². The summed E-state index contributed by atoms with van der Waals surface area (Å²) in [6.45, 7) is 0.289. The van der Waals surface area contributed by atoms with E-state index in [1.54, 1.807) is 0 Å². The van der Waals surface area contributed by atoms with Crippen LogP contribution in [-0.4, -0.2) is 11.8 Å². The van der Waals surface area contributed by atoms with Gasteiger partial charge in [0.05, 0.1) is 0 Å². The van der Waals surface area contributed by atoms with Crippen molar-refractivity contribution in [3.8, 4) is 22.1 Å². The van der Waals surface area contributed by atoms with Gasteiger partial charge in [0, 0.05) is 10.9 Å². The molecule has 0 N–H and O–H groups in total. The topological polar surface area (TPSA) is 31.4 Å². The third kappa shape index (κ3) is 1.56. The highest BCUT2D eigenvalue weighted by Gasteiger charge is 2.14. The third-order valence-corrected chi connectivity index (χ3v) is 3.31. The van der Waals surface area contributed by atoms with Gasteiger partial charge in [-0.1, -0.05) is 11.6 Å². The smallest absolute Gasteiger partial charge is 0.231 e. The van der Waals surface area contributed by atoms with Crippen molar-refractivity contribution in [3.63, 3.8) is 0 Å². The van der Waals surface area contributed by atoms with Gasteiger partial charge in [-0.3, -0.25) is 0 Å². The zero-order valence-corrected chi connectivity index (χ0v) is 9.14. The predicted molar refractivity (Wildman–Crippen MR) is 58.7 cm³/mol. The number of aromatic nitrogens is 1. The molecular formula is C10H6ClNO2S. The van der Waals surface area contributed by atoms with Crippen LogP contribution in [-0.2, 0) is 0 Å². The van der Waals surface area contributed by atoms with Gasteiger partial charge in [0.2, 0.25) is 6.79 Å². The van der Waals surface area contributed by atoms with Crippen molar-refractivity contribution in [2.45, 2.75) is 0 Å². The summed E-state index contributed by atoms with van der Waals surface area (Å²) >= 11 is 7.28. The van der Waals surface area contributed by atoms with Gasteiger partial charge in [0.25, 0.3) is 0 Å². The number of nitrogens with zero attached hydrogens (tertiary/aromatic N) is 1. The molecule has 3 rings (SSSR count). The molecule has 15 heavy (non-hydrogen) atoms. The quantitative estimate of drug-likeness (QED) is 0.766. The van der Waals surface area contributed by atoms with E-state index < -0.39 is 0 Å². The number of halogens is 1. The van der Waals surface area contributed by atoms with Crippen LogP contribution in [0.15, 0.2) is 23.6 Å². The van der Waals surface area contributed by atoms with E-state index >= 15 is 0 Å². The molecule has 1 aromatic heterocycles. The van der Waals surface area contributed by atoms with Crippen LogP contribution in [0, 0.1) is 0 Å². The standard InChI is InChI=1S/C10H6ClNO2S/c11-9-4-15-10(12-9)6-1-2-7-8(3-6)14-5-13-7/h1-4H,5H2. The fourth-order valence-corrected chi connectivity index (χ4v) is 2.36. The van der Waals surface area contributed by atoms with Crippen molar-refractivity contribution in [1.82, 2.24) is 4.98 Å². The number of ether oxygens (including phenoxy) is 2.